The van der Waals surface area contributed by atoms with Gasteiger partial charge in [0.2, 0.25) is 0 Å². The Morgan fingerprint density at radius 2 is 1.71 bits per heavy atom. The van der Waals surface area contributed by atoms with Gasteiger partial charge in [-0.05, 0) is 26.0 Å². The van der Waals surface area contributed by atoms with E-state index < -0.39 is 7.60 Å². The van der Waals surface area contributed by atoms with E-state index in [0.29, 0.717) is 24.7 Å². The van der Waals surface area contributed by atoms with Gasteiger partial charge in [-0.3, -0.25) is 4.57 Å². The van der Waals surface area contributed by atoms with Crippen molar-refractivity contribution in [3.8, 4) is 11.5 Å². The number of rotatable bonds is 9. The van der Waals surface area contributed by atoms with Gasteiger partial charge in [0, 0.05) is 23.8 Å². The minimum Gasteiger partial charge on any atom is -0.493 e. The Balaban J connectivity index is 2.77. The summed E-state index contributed by atoms with van der Waals surface area (Å²) in [7, 11) is -0.0494. The predicted octanol–water partition coefficient (Wildman–Crippen LogP) is 3.85. The zero-order valence-electron chi connectivity index (χ0n) is 12.8. The fraction of sp³-hybridized carbons (Fsp3) is 0.429. The molecule has 0 saturated heterocycles. The van der Waals surface area contributed by atoms with Gasteiger partial charge >= 0.3 is 7.60 Å². The smallest absolute Gasteiger partial charge is 0.355 e. The van der Waals surface area contributed by atoms with E-state index in [1.807, 2.05) is 6.07 Å². The van der Waals surface area contributed by atoms with Crippen LogP contribution in [0.1, 0.15) is 13.8 Å². The first-order valence-electron chi connectivity index (χ1n) is 6.63. The lowest BCUT2D eigenvalue weighted by atomic mass is 10.3. The first-order valence-corrected chi connectivity index (χ1v) is 8.24. The van der Waals surface area contributed by atoms with E-state index in [1.165, 1.54) is 12.0 Å². The molecular formula is C14H22NO5P. The second kappa shape index (κ2) is 8.72. The van der Waals surface area contributed by atoms with Gasteiger partial charge in [-0.1, -0.05) is 0 Å². The molecule has 0 bridgehead atoms. The van der Waals surface area contributed by atoms with E-state index in [-0.39, 0.29) is 0 Å². The van der Waals surface area contributed by atoms with Crippen LogP contribution < -0.4 is 14.8 Å². The molecule has 0 heterocycles. The number of benzene rings is 1. The number of hydrogen-bond acceptors (Lipinski definition) is 6. The zero-order chi connectivity index (χ0) is 15.7. The van der Waals surface area contributed by atoms with Gasteiger partial charge in [0.1, 0.15) is 0 Å². The van der Waals surface area contributed by atoms with Crippen molar-refractivity contribution in [1.29, 1.82) is 0 Å². The van der Waals surface area contributed by atoms with Gasteiger partial charge in [-0.2, -0.15) is 0 Å². The van der Waals surface area contributed by atoms with E-state index in [9.17, 15) is 4.57 Å². The van der Waals surface area contributed by atoms with Gasteiger partial charge in [0.15, 0.2) is 11.5 Å². The van der Waals surface area contributed by atoms with Crippen LogP contribution in [0.25, 0.3) is 0 Å². The summed E-state index contributed by atoms with van der Waals surface area (Å²) in [5.74, 6) is 2.64. The Kier molecular flexibility index (Phi) is 7.29. The minimum absolute atomic E-state index is 0.317. The highest BCUT2D eigenvalue weighted by molar-refractivity contribution is 7.57. The number of methoxy groups -OCH3 is 2. The Labute approximate surface area is 125 Å². The van der Waals surface area contributed by atoms with Crippen LogP contribution in [0.3, 0.4) is 0 Å². The lowest BCUT2D eigenvalue weighted by molar-refractivity contribution is 0.229. The summed E-state index contributed by atoms with van der Waals surface area (Å²) in [5.41, 5.74) is 0.767. The van der Waals surface area contributed by atoms with Gasteiger partial charge < -0.3 is 23.8 Å². The summed E-state index contributed by atoms with van der Waals surface area (Å²) in [6.45, 7) is 4.17. The van der Waals surface area contributed by atoms with Crippen LogP contribution in [0, 0.1) is 0 Å². The summed E-state index contributed by atoms with van der Waals surface area (Å²) < 4.78 is 32.9. The zero-order valence-corrected chi connectivity index (χ0v) is 13.7. The molecule has 1 aromatic carbocycles. The molecule has 0 fully saturated rings. The van der Waals surface area contributed by atoms with Crippen molar-refractivity contribution in [1.82, 2.24) is 0 Å². The van der Waals surface area contributed by atoms with Gasteiger partial charge in [-0.15, -0.1) is 0 Å². The van der Waals surface area contributed by atoms with E-state index >= 15 is 0 Å². The fourth-order valence-corrected chi connectivity index (χ4v) is 2.86. The molecule has 0 aliphatic heterocycles. The maximum atomic E-state index is 12.2. The Morgan fingerprint density at radius 1 is 1.10 bits per heavy atom. The highest BCUT2D eigenvalue weighted by Crippen LogP contribution is 2.49. The number of anilines is 1. The Bertz CT molecular complexity index is 508. The fourth-order valence-electron chi connectivity index (χ4n) is 1.63. The molecule has 21 heavy (non-hydrogen) atoms. The predicted molar refractivity (Wildman–Crippen MR) is 83.2 cm³/mol. The lowest BCUT2D eigenvalue weighted by Crippen LogP contribution is -1.95. The largest absolute Gasteiger partial charge is 0.493 e. The van der Waals surface area contributed by atoms with Crippen LogP contribution in [0.2, 0.25) is 0 Å². The average molecular weight is 315 g/mol. The summed E-state index contributed by atoms with van der Waals surface area (Å²) in [5, 5.41) is 2.99. The van der Waals surface area contributed by atoms with Crippen LogP contribution in [-0.2, 0) is 13.6 Å². The second-order valence-electron chi connectivity index (χ2n) is 3.91. The third-order valence-electron chi connectivity index (χ3n) is 2.51. The van der Waals surface area contributed by atoms with Crippen LogP contribution in [-0.4, -0.2) is 27.4 Å². The molecule has 6 nitrogen and oxygen atoms in total. The molecule has 0 spiro atoms. The first kappa shape index (κ1) is 17.6. The topological polar surface area (TPSA) is 66.0 Å². The molecule has 0 unspecified atom stereocenters. The summed E-state index contributed by atoms with van der Waals surface area (Å²) in [4.78, 5) is 0. The Morgan fingerprint density at radius 3 is 2.24 bits per heavy atom. The first-order chi connectivity index (χ1) is 10.1. The molecule has 7 heteroatoms. The SMILES string of the molecule is CCOP(=O)(/C=C\Nc1ccc(OC)c(OC)c1)OCC. The van der Waals surface area contributed by atoms with Crippen molar-refractivity contribution >= 4 is 13.3 Å². The van der Waals surface area contributed by atoms with Crippen molar-refractivity contribution in [2.24, 2.45) is 0 Å². The molecule has 0 aliphatic rings. The Hall–Kier alpha value is -1.49. The van der Waals surface area contributed by atoms with Crippen LogP contribution in [0.15, 0.2) is 30.2 Å². The van der Waals surface area contributed by atoms with Crippen molar-refractivity contribution in [2.45, 2.75) is 13.8 Å². The third-order valence-corrected chi connectivity index (χ3v) is 4.26. The number of hydrogen-bond donors (Lipinski definition) is 1. The quantitative estimate of drug-likeness (QED) is 0.698. The number of nitrogens with one attached hydrogen (secondary N) is 1. The molecular weight excluding hydrogens is 293 g/mol. The monoisotopic (exact) mass is 315 g/mol. The molecule has 0 aromatic heterocycles. The molecule has 0 aliphatic carbocycles. The standard InChI is InChI=1S/C14H22NO5P/c1-5-19-21(16,20-6-2)10-9-15-12-7-8-13(17-3)14(11-12)18-4/h7-11,15H,5-6H2,1-4H3/b10-9-. The van der Waals surface area contributed by atoms with Crippen molar-refractivity contribution in [3.63, 3.8) is 0 Å². The highest BCUT2D eigenvalue weighted by atomic mass is 31.2. The molecule has 0 radical (unpaired) electrons. The normalized spacial score (nSPS) is 11.6. The van der Waals surface area contributed by atoms with Gasteiger partial charge in [0.25, 0.3) is 0 Å². The van der Waals surface area contributed by atoms with Crippen LogP contribution in [0.5, 0.6) is 11.5 Å². The molecule has 0 amide bonds. The average Bonchev–Trinajstić information content (AvgIpc) is 2.47. The summed E-state index contributed by atoms with van der Waals surface area (Å²) in [6.07, 6.45) is 1.54. The van der Waals surface area contributed by atoms with Crippen molar-refractivity contribution < 1.29 is 23.1 Å². The van der Waals surface area contributed by atoms with Gasteiger partial charge in [-0.25, -0.2) is 0 Å². The molecule has 1 aromatic rings. The lowest BCUT2D eigenvalue weighted by Gasteiger charge is -2.13. The highest BCUT2D eigenvalue weighted by Gasteiger charge is 2.18. The van der Waals surface area contributed by atoms with Gasteiger partial charge in [0.05, 0.1) is 27.4 Å². The van der Waals surface area contributed by atoms with Crippen molar-refractivity contribution in [3.05, 3.63) is 30.2 Å². The molecule has 0 atom stereocenters. The third kappa shape index (κ3) is 5.42. The maximum absolute atomic E-state index is 12.2. The van der Waals surface area contributed by atoms with Crippen LogP contribution in [0.4, 0.5) is 5.69 Å². The van der Waals surface area contributed by atoms with Crippen LogP contribution >= 0.6 is 7.60 Å². The second-order valence-corrected chi connectivity index (χ2v) is 5.80. The molecule has 118 valence electrons. The molecule has 1 N–H and O–H groups in total. The summed E-state index contributed by atoms with van der Waals surface area (Å²) >= 11 is 0. The number of ether oxygens (including phenoxy) is 2. The van der Waals surface area contributed by atoms with Crippen molar-refractivity contribution in [2.75, 3.05) is 32.8 Å². The molecule has 0 saturated carbocycles. The molecule has 1 rings (SSSR count). The van der Waals surface area contributed by atoms with E-state index in [1.54, 1.807) is 40.2 Å². The minimum atomic E-state index is -3.19. The van der Waals surface area contributed by atoms with E-state index in [0.717, 1.165) is 5.69 Å². The maximum Gasteiger partial charge on any atom is 0.355 e. The van der Waals surface area contributed by atoms with E-state index in [2.05, 4.69) is 5.32 Å². The van der Waals surface area contributed by atoms with E-state index in [4.69, 9.17) is 18.5 Å². The summed E-state index contributed by atoms with van der Waals surface area (Å²) in [6, 6.07) is 5.37.